The van der Waals surface area contributed by atoms with Crippen LogP contribution in [-0.2, 0) is 9.53 Å². The highest BCUT2D eigenvalue weighted by atomic mass is 16.5. The first-order chi connectivity index (χ1) is 9.63. The molecule has 0 aromatic rings. The van der Waals surface area contributed by atoms with Crippen LogP contribution in [0.5, 0.6) is 0 Å². The molecular formula is C15H31N3O2. The Kier molecular flexibility index (Phi) is 7.48. The number of rotatable bonds is 8. The number of piperazine rings is 1. The van der Waals surface area contributed by atoms with Crippen molar-refractivity contribution in [3.05, 3.63) is 0 Å². The molecule has 1 rings (SSSR count). The second-order valence-electron chi connectivity index (χ2n) is 5.52. The highest BCUT2D eigenvalue weighted by Gasteiger charge is 2.37. The van der Waals surface area contributed by atoms with Crippen LogP contribution in [0.4, 0.5) is 0 Å². The van der Waals surface area contributed by atoms with Crippen LogP contribution in [-0.4, -0.2) is 68.2 Å². The van der Waals surface area contributed by atoms with Gasteiger partial charge in [-0.1, -0.05) is 13.8 Å². The molecular weight excluding hydrogens is 254 g/mol. The molecule has 118 valence electrons. The summed E-state index contributed by atoms with van der Waals surface area (Å²) in [6.45, 7) is 12.6. The van der Waals surface area contributed by atoms with Crippen LogP contribution in [0.15, 0.2) is 0 Å². The Hall–Kier alpha value is -0.650. The Labute approximate surface area is 123 Å². The number of amides is 1. The molecule has 0 aromatic carbocycles. The maximum absolute atomic E-state index is 12.7. The maximum atomic E-state index is 12.7. The van der Waals surface area contributed by atoms with E-state index in [0.29, 0.717) is 6.54 Å². The molecule has 0 saturated carbocycles. The van der Waals surface area contributed by atoms with E-state index < -0.39 is 0 Å². The van der Waals surface area contributed by atoms with Gasteiger partial charge in [-0.05, 0) is 19.8 Å². The highest BCUT2D eigenvalue weighted by Crippen LogP contribution is 2.28. The van der Waals surface area contributed by atoms with Gasteiger partial charge in [0.2, 0.25) is 5.91 Å². The van der Waals surface area contributed by atoms with Crippen LogP contribution >= 0.6 is 0 Å². The Morgan fingerprint density at radius 2 is 1.75 bits per heavy atom. The lowest BCUT2D eigenvalue weighted by Crippen LogP contribution is -2.55. The monoisotopic (exact) mass is 285 g/mol. The summed E-state index contributed by atoms with van der Waals surface area (Å²) < 4.78 is 5.38. The molecule has 1 fully saturated rings. The summed E-state index contributed by atoms with van der Waals surface area (Å²) in [5.74, 6) is 0.245. The molecule has 0 atom stereocenters. The fourth-order valence-corrected chi connectivity index (χ4v) is 2.78. The molecule has 20 heavy (non-hydrogen) atoms. The van der Waals surface area contributed by atoms with Crippen molar-refractivity contribution in [1.29, 1.82) is 0 Å². The Balaban J connectivity index is 2.46. The average Bonchev–Trinajstić information content (AvgIpc) is 2.50. The SMILES string of the molecule is CCOCCN1CCN(C(=O)C(CC)(CC)CN)CC1. The average molecular weight is 285 g/mol. The molecule has 2 N–H and O–H groups in total. The minimum atomic E-state index is -0.354. The standard InChI is InChI=1S/C15H31N3O2/c1-4-15(5-2,13-16)14(19)18-9-7-17(8-10-18)11-12-20-6-3/h4-13,16H2,1-3H3. The number of carbonyl (C=O) groups excluding carboxylic acids is 1. The van der Waals surface area contributed by atoms with Gasteiger partial charge in [-0.2, -0.15) is 0 Å². The lowest BCUT2D eigenvalue weighted by atomic mass is 9.81. The van der Waals surface area contributed by atoms with Crippen LogP contribution < -0.4 is 5.73 Å². The molecule has 0 spiro atoms. The van der Waals surface area contributed by atoms with E-state index in [4.69, 9.17) is 10.5 Å². The fourth-order valence-electron chi connectivity index (χ4n) is 2.78. The number of hydrogen-bond acceptors (Lipinski definition) is 4. The minimum Gasteiger partial charge on any atom is -0.380 e. The smallest absolute Gasteiger partial charge is 0.230 e. The van der Waals surface area contributed by atoms with Crippen LogP contribution in [0.1, 0.15) is 33.6 Å². The predicted molar refractivity (Wildman–Crippen MR) is 81.6 cm³/mol. The summed E-state index contributed by atoms with van der Waals surface area (Å²) in [7, 11) is 0. The van der Waals surface area contributed by atoms with Gasteiger partial charge in [0.05, 0.1) is 12.0 Å². The van der Waals surface area contributed by atoms with Gasteiger partial charge in [-0.15, -0.1) is 0 Å². The highest BCUT2D eigenvalue weighted by molar-refractivity contribution is 5.83. The molecule has 1 aliphatic rings. The van der Waals surface area contributed by atoms with Crippen molar-refractivity contribution in [3.63, 3.8) is 0 Å². The predicted octanol–water partition coefficient (Wildman–Crippen LogP) is 0.932. The third-order valence-corrected chi connectivity index (χ3v) is 4.61. The van der Waals surface area contributed by atoms with Crippen molar-refractivity contribution in [2.24, 2.45) is 11.1 Å². The molecule has 1 saturated heterocycles. The third kappa shape index (κ3) is 4.17. The molecule has 1 aliphatic heterocycles. The Morgan fingerprint density at radius 3 is 2.20 bits per heavy atom. The topological polar surface area (TPSA) is 58.8 Å². The first kappa shape index (κ1) is 17.4. The zero-order valence-electron chi connectivity index (χ0n) is 13.4. The second kappa shape index (κ2) is 8.60. The van der Waals surface area contributed by atoms with E-state index in [9.17, 15) is 4.79 Å². The summed E-state index contributed by atoms with van der Waals surface area (Å²) in [4.78, 5) is 17.0. The number of hydrogen-bond donors (Lipinski definition) is 1. The first-order valence-electron chi connectivity index (χ1n) is 7.93. The third-order valence-electron chi connectivity index (χ3n) is 4.61. The zero-order valence-corrected chi connectivity index (χ0v) is 13.4. The maximum Gasteiger partial charge on any atom is 0.230 e. The van der Waals surface area contributed by atoms with Gasteiger partial charge < -0.3 is 15.4 Å². The molecule has 0 aliphatic carbocycles. The van der Waals surface area contributed by atoms with E-state index in [1.165, 1.54) is 0 Å². The van der Waals surface area contributed by atoms with Crippen LogP contribution in [0.2, 0.25) is 0 Å². The largest absolute Gasteiger partial charge is 0.380 e. The van der Waals surface area contributed by atoms with Crippen molar-refractivity contribution >= 4 is 5.91 Å². The first-order valence-corrected chi connectivity index (χ1v) is 7.93. The molecule has 0 aromatic heterocycles. The lowest BCUT2D eigenvalue weighted by Gasteiger charge is -2.40. The minimum absolute atomic E-state index is 0.245. The van der Waals surface area contributed by atoms with Crippen molar-refractivity contribution in [2.45, 2.75) is 33.6 Å². The van der Waals surface area contributed by atoms with Crippen molar-refractivity contribution in [2.75, 3.05) is 52.5 Å². The van der Waals surface area contributed by atoms with Gasteiger partial charge >= 0.3 is 0 Å². The number of nitrogens with zero attached hydrogens (tertiary/aromatic N) is 2. The number of nitrogens with two attached hydrogens (primary N) is 1. The van der Waals surface area contributed by atoms with E-state index in [-0.39, 0.29) is 11.3 Å². The normalized spacial score (nSPS) is 17.5. The van der Waals surface area contributed by atoms with Crippen LogP contribution in [0.3, 0.4) is 0 Å². The number of carbonyl (C=O) groups is 1. The molecule has 1 heterocycles. The molecule has 1 amide bonds. The van der Waals surface area contributed by atoms with Gasteiger partial charge in [0.15, 0.2) is 0 Å². The van der Waals surface area contributed by atoms with Crippen molar-refractivity contribution in [3.8, 4) is 0 Å². The molecule has 5 nitrogen and oxygen atoms in total. The summed E-state index contributed by atoms with van der Waals surface area (Å²) in [5.41, 5.74) is 5.52. The second-order valence-corrected chi connectivity index (χ2v) is 5.52. The van der Waals surface area contributed by atoms with E-state index >= 15 is 0 Å². The summed E-state index contributed by atoms with van der Waals surface area (Å²) in [5, 5.41) is 0. The molecule has 0 radical (unpaired) electrons. The van der Waals surface area contributed by atoms with Gasteiger partial charge in [0.1, 0.15) is 0 Å². The van der Waals surface area contributed by atoms with Gasteiger partial charge in [0, 0.05) is 45.9 Å². The summed E-state index contributed by atoms with van der Waals surface area (Å²) in [6.07, 6.45) is 1.65. The Morgan fingerprint density at radius 1 is 1.15 bits per heavy atom. The van der Waals surface area contributed by atoms with Crippen LogP contribution in [0, 0.1) is 5.41 Å². The van der Waals surface area contributed by atoms with Crippen molar-refractivity contribution < 1.29 is 9.53 Å². The van der Waals surface area contributed by atoms with Gasteiger partial charge in [0.25, 0.3) is 0 Å². The molecule has 0 bridgehead atoms. The summed E-state index contributed by atoms with van der Waals surface area (Å²) >= 11 is 0. The van der Waals surface area contributed by atoms with Gasteiger partial charge in [-0.3, -0.25) is 9.69 Å². The van der Waals surface area contributed by atoms with E-state index in [1.807, 2.05) is 11.8 Å². The van der Waals surface area contributed by atoms with E-state index in [1.54, 1.807) is 0 Å². The quantitative estimate of drug-likeness (QED) is 0.674. The zero-order chi connectivity index (χ0) is 15.0. The van der Waals surface area contributed by atoms with E-state index in [2.05, 4.69) is 18.7 Å². The lowest BCUT2D eigenvalue weighted by molar-refractivity contribution is -0.144. The van der Waals surface area contributed by atoms with Crippen LogP contribution in [0.25, 0.3) is 0 Å². The molecule has 5 heteroatoms. The Bertz CT molecular complexity index is 277. The fraction of sp³-hybridized carbons (Fsp3) is 0.933. The summed E-state index contributed by atoms with van der Waals surface area (Å²) in [6, 6.07) is 0. The van der Waals surface area contributed by atoms with Gasteiger partial charge in [-0.25, -0.2) is 0 Å². The van der Waals surface area contributed by atoms with E-state index in [0.717, 1.165) is 58.8 Å². The molecule has 0 unspecified atom stereocenters. The van der Waals surface area contributed by atoms with Crippen molar-refractivity contribution in [1.82, 2.24) is 9.80 Å². The number of ether oxygens (including phenoxy) is 1.